The van der Waals surface area contributed by atoms with Crippen LogP contribution in [-0.2, 0) is 9.53 Å². The highest BCUT2D eigenvalue weighted by Gasteiger charge is 2.65. The summed E-state index contributed by atoms with van der Waals surface area (Å²) in [5, 5.41) is 2.56. The Balaban J connectivity index is 1.84. The second kappa shape index (κ2) is 6.67. The van der Waals surface area contributed by atoms with Gasteiger partial charge in [0.05, 0.1) is 13.0 Å². The molecule has 1 amide bonds. The van der Waals surface area contributed by atoms with Crippen molar-refractivity contribution in [1.82, 2.24) is 5.32 Å². The molecule has 3 rings (SSSR count). The average Bonchev–Trinajstić information content (AvgIpc) is 3.38. The first-order valence-corrected chi connectivity index (χ1v) is 7.84. The van der Waals surface area contributed by atoms with Crippen molar-refractivity contribution in [3.05, 3.63) is 71.3 Å². The summed E-state index contributed by atoms with van der Waals surface area (Å²) in [6, 6.07) is 10.9. The van der Waals surface area contributed by atoms with Gasteiger partial charge in [-0.1, -0.05) is 18.2 Å². The summed E-state index contributed by atoms with van der Waals surface area (Å²) in [6.07, 6.45) is 0.0239. The Bertz CT molecular complexity index is 884. The Labute approximate surface area is 148 Å². The van der Waals surface area contributed by atoms with Crippen molar-refractivity contribution in [3.63, 3.8) is 0 Å². The van der Waals surface area contributed by atoms with Crippen molar-refractivity contribution in [2.75, 3.05) is 7.11 Å². The maximum atomic E-state index is 13.4. The quantitative estimate of drug-likeness (QED) is 0.658. The summed E-state index contributed by atoms with van der Waals surface area (Å²) in [5.74, 6) is -5.00. The van der Waals surface area contributed by atoms with Crippen molar-refractivity contribution in [2.45, 2.75) is 12.0 Å². The molecule has 0 bridgehead atoms. The number of ketones is 1. The number of rotatable bonds is 5. The molecule has 1 aliphatic rings. The van der Waals surface area contributed by atoms with Crippen LogP contribution in [0.3, 0.4) is 0 Å². The molecule has 1 saturated carbocycles. The molecule has 0 aromatic heterocycles. The molecule has 0 aliphatic heterocycles. The number of amides is 1. The van der Waals surface area contributed by atoms with Gasteiger partial charge in [-0.25, -0.2) is 13.6 Å². The summed E-state index contributed by atoms with van der Waals surface area (Å²) in [5.41, 5.74) is -1.26. The molecular formula is C19H15F2NO4. The zero-order valence-electron chi connectivity index (χ0n) is 13.8. The molecule has 2 aromatic rings. The Kier molecular flexibility index (Phi) is 4.54. The van der Waals surface area contributed by atoms with E-state index in [0.29, 0.717) is 5.56 Å². The molecule has 2 atom stereocenters. The largest absolute Gasteiger partial charge is 0.467 e. The van der Waals surface area contributed by atoms with Crippen LogP contribution in [0.25, 0.3) is 0 Å². The molecule has 26 heavy (non-hydrogen) atoms. The molecule has 134 valence electrons. The van der Waals surface area contributed by atoms with Crippen LogP contribution in [0.5, 0.6) is 0 Å². The normalized spacial score (nSPS) is 21.0. The number of nitrogens with one attached hydrogen (secondary N) is 1. The van der Waals surface area contributed by atoms with Gasteiger partial charge in [0.15, 0.2) is 17.4 Å². The topological polar surface area (TPSA) is 72.5 Å². The molecule has 5 nitrogen and oxygen atoms in total. The number of benzene rings is 2. The van der Waals surface area contributed by atoms with Crippen molar-refractivity contribution in [2.24, 2.45) is 5.92 Å². The molecule has 0 spiro atoms. The van der Waals surface area contributed by atoms with E-state index < -0.39 is 40.8 Å². The van der Waals surface area contributed by atoms with Gasteiger partial charge in [-0.2, -0.15) is 0 Å². The minimum absolute atomic E-state index is 0.0239. The Morgan fingerprint density at radius 3 is 2.35 bits per heavy atom. The van der Waals surface area contributed by atoms with Crippen LogP contribution in [0.15, 0.2) is 48.5 Å². The number of methoxy groups -OCH3 is 1. The second-order valence-corrected chi connectivity index (χ2v) is 6.03. The smallest absolute Gasteiger partial charge is 0.332 e. The van der Waals surface area contributed by atoms with E-state index in [1.807, 2.05) is 0 Å². The first-order chi connectivity index (χ1) is 12.4. The minimum Gasteiger partial charge on any atom is -0.467 e. The van der Waals surface area contributed by atoms with Crippen LogP contribution in [-0.4, -0.2) is 30.3 Å². The van der Waals surface area contributed by atoms with Gasteiger partial charge in [0.2, 0.25) is 0 Å². The summed E-state index contributed by atoms with van der Waals surface area (Å²) >= 11 is 0. The lowest BCUT2D eigenvalue weighted by Gasteiger charge is -2.17. The highest BCUT2D eigenvalue weighted by molar-refractivity contribution is 6.09. The van der Waals surface area contributed by atoms with Gasteiger partial charge in [-0.15, -0.1) is 0 Å². The number of carbonyl (C=O) groups excluding carboxylic acids is 3. The summed E-state index contributed by atoms with van der Waals surface area (Å²) in [4.78, 5) is 37.2. The fourth-order valence-corrected chi connectivity index (χ4v) is 2.89. The highest BCUT2D eigenvalue weighted by atomic mass is 19.2. The third-order valence-electron chi connectivity index (χ3n) is 4.40. The first-order valence-electron chi connectivity index (χ1n) is 7.84. The van der Waals surface area contributed by atoms with Crippen molar-refractivity contribution < 1.29 is 27.9 Å². The molecule has 2 aromatic carbocycles. The standard InChI is InChI=1S/C19H15F2NO4/c1-26-18(25)19(22-17(24)11-5-3-2-4-6-11)10-13(19)16(23)12-7-8-14(20)15(21)9-12/h2-9,13H,10H2,1H3,(H,22,24). The zero-order valence-corrected chi connectivity index (χ0v) is 13.8. The molecule has 1 fully saturated rings. The maximum absolute atomic E-state index is 13.4. The van der Waals surface area contributed by atoms with Crippen LogP contribution >= 0.6 is 0 Å². The Hall–Kier alpha value is -3.09. The maximum Gasteiger partial charge on any atom is 0.332 e. The van der Waals surface area contributed by atoms with E-state index in [4.69, 9.17) is 4.74 Å². The number of Topliss-reactive ketones (excluding diaryl/α,β-unsaturated/α-hetero) is 1. The summed E-state index contributed by atoms with van der Waals surface area (Å²) in [6.45, 7) is 0. The highest BCUT2D eigenvalue weighted by Crippen LogP contribution is 2.46. The van der Waals surface area contributed by atoms with E-state index in [0.717, 1.165) is 25.3 Å². The van der Waals surface area contributed by atoms with Gasteiger partial charge in [0, 0.05) is 11.1 Å². The van der Waals surface area contributed by atoms with Gasteiger partial charge >= 0.3 is 5.97 Å². The Morgan fingerprint density at radius 1 is 1.04 bits per heavy atom. The van der Waals surface area contributed by atoms with Crippen molar-refractivity contribution in [1.29, 1.82) is 0 Å². The van der Waals surface area contributed by atoms with E-state index in [2.05, 4.69) is 5.32 Å². The Morgan fingerprint density at radius 2 is 1.73 bits per heavy atom. The summed E-state index contributed by atoms with van der Waals surface area (Å²) < 4.78 is 31.2. The van der Waals surface area contributed by atoms with Crippen molar-refractivity contribution >= 4 is 17.7 Å². The number of hydrogen-bond acceptors (Lipinski definition) is 4. The molecule has 1 N–H and O–H groups in total. The van der Waals surface area contributed by atoms with Gasteiger partial charge in [-0.3, -0.25) is 9.59 Å². The molecule has 1 aliphatic carbocycles. The zero-order chi connectivity index (χ0) is 18.9. The molecular weight excluding hydrogens is 344 g/mol. The van der Waals surface area contributed by atoms with Gasteiger partial charge < -0.3 is 10.1 Å². The van der Waals surface area contributed by atoms with Crippen LogP contribution in [0.2, 0.25) is 0 Å². The monoisotopic (exact) mass is 359 g/mol. The first kappa shape index (κ1) is 17.7. The molecule has 0 heterocycles. The van der Waals surface area contributed by atoms with E-state index in [9.17, 15) is 23.2 Å². The van der Waals surface area contributed by atoms with Crippen LogP contribution in [0.1, 0.15) is 27.1 Å². The van der Waals surface area contributed by atoms with Crippen LogP contribution in [0.4, 0.5) is 8.78 Å². The fourth-order valence-electron chi connectivity index (χ4n) is 2.89. The number of halogens is 2. The number of ether oxygens (including phenoxy) is 1. The lowest BCUT2D eigenvalue weighted by Crippen LogP contribution is -2.46. The lowest BCUT2D eigenvalue weighted by molar-refractivity contribution is -0.144. The average molecular weight is 359 g/mol. The minimum atomic E-state index is -1.51. The van der Waals surface area contributed by atoms with Crippen LogP contribution in [0, 0.1) is 17.6 Å². The second-order valence-electron chi connectivity index (χ2n) is 6.03. The molecule has 0 saturated heterocycles. The lowest BCUT2D eigenvalue weighted by atomic mass is 10.0. The number of esters is 1. The molecule has 0 radical (unpaired) electrons. The number of carbonyl (C=O) groups is 3. The van der Waals surface area contributed by atoms with E-state index in [-0.39, 0.29) is 12.0 Å². The van der Waals surface area contributed by atoms with E-state index in [1.165, 1.54) is 0 Å². The number of hydrogen-bond donors (Lipinski definition) is 1. The predicted octanol–water partition coefficient (Wildman–Crippen LogP) is 2.51. The third-order valence-corrected chi connectivity index (χ3v) is 4.40. The van der Waals surface area contributed by atoms with E-state index in [1.54, 1.807) is 30.3 Å². The predicted molar refractivity (Wildman–Crippen MR) is 87.5 cm³/mol. The van der Waals surface area contributed by atoms with Gasteiger partial charge in [-0.05, 0) is 36.8 Å². The molecule has 2 unspecified atom stereocenters. The van der Waals surface area contributed by atoms with Gasteiger partial charge in [0.25, 0.3) is 5.91 Å². The van der Waals surface area contributed by atoms with Crippen LogP contribution < -0.4 is 5.32 Å². The summed E-state index contributed by atoms with van der Waals surface area (Å²) in [7, 11) is 1.15. The van der Waals surface area contributed by atoms with E-state index >= 15 is 0 Å². The van der Waals surface area contributed by atoms with Crippen molar-refractivity contribution in [3.8, 4) is 0 Å². The third kappa shape index (κ3) is 3.08. The molecule has 7 heteroatoms. The SMILES string of the molecule is COC(=O)C1(NC(=O)c2ccccc2)CC1C(=O)c1ccc(F)c(F)c1. The van der Waals surface area contributed by atoms with Gasteiger partial charge in [0.1, 0.15) is 5.54 Å². The fraction of sp³-hybridized carbons (Fsp3) is 0.211.